The number of nitrogens with zero attached hydrogens (tertiary/aromatic N) is 2. The molecule has 0 saturated heterocycles. The Hall–Kier alpha value is -1.73. The van der Waals surface area contributed by atoms with Crippen molar-refractivity contribution in [3.05, 3.63) is 55.9 Å². The highest BCUT2D eigenvalue weighted by atomic mass is 79.9. The van der Waals surface area contributed by atoms with Gasteiger partial charge in [-0.3, -0.25) is 10.1 Å². The maximum Gasteiger partial charge on any atom is 0.312 e. The fraction of sp³-hybridized carbons (Fsp3) is 0. The highest BCUT2D eigenvalue weighted by Crippen LogP contribution is 2.34. The molecule has 2 rings (SSSR count). The molecule has 0 aliphatic carbocycles. The predicted molar refractivity (Wildman–Crippen MR) is 70.1 cm³/mol. The van der Waals surface area contributed by atoms with Crippen LogP contribution in [0, 0.1) is 15.9 Å². The third kappa shape index (κ3) is 3.18. The summed E-state index contributed by atoms with van der Waals surface area (Å²) in [5.74, 6) is -1.29. The van der Waals surface area contributed by atoms with Crippen molar-refractivity contribution in [2.24, 2.45) is 0 Å². The van der Waals surface area contributed by atoms with Gasteiger partial charge >= 0.3 is 5.69 Å². The molecule has 8 heteroatoms. The molecule has 0 fully saturated rings. The third-order valence-electron chi connectivity index (χ3n) is 2.10. The van der Waals surface area contributed by atoms with Crippen LogP contribution in [0.15, 0.2) is 34.9 Å². The number of hydrogen-bond acceptors (Lipinski definition) is 4. The summed E-state index contributed by atoms with van der Waals surface area (Å²) in [6.45, 7) is 0. The lowest BCUT2D eigenvalue weighted by Gasteiger charge is -2.06. The largest absolute Gasteiger partial charge is 0.429 e. The van der Waals surface area contributed by atoms with E-state index in [0.29, 0.717) is 4.47 Å². The zero-order valence-electron chi connectivity index (χ0n) is 9.14. The molecule has 5 nitrogen and oxygen atoms in total. The molecular weight excluding hydrogens is 342 g/mol. The molecule has 0 saturated carbocycles. The molecule has 0 amide bonds. The molecule has 0 aliphatic rings. The van der Waals surface area contributed by atoms with Crippen LogP contribution in [0.3, 0.4) is 0 Å². The molecule has 1 aromatic carbocycles. The summed E-state index contributed by atoms with van der Waals surface area (Å²) in [4.78, 5) is 13.9. The fourth-order valence-electron chi connectivity index (χ4n) is 1.30. The van der Waals surface area contributed by atoms with Gasteiger partial charge in [-0.2, -0.15) is 0 Å². The average molecular weight is 348 g/mol. The van der Waals surface area contributed by atoms with E-state index in [1.54, 1.807) is 0 Å². The van der Waals surface area contributed by atoms with Crippen molar-refractivity contribution >= 4 is 33.2 Å². The van der Waals surface area contributed by atoms with Gasteiger partial charge in [0.15, 0.2) is 5.82 Å². The molecule has 0 atom stereocenters. The summed E-state index contributed by atoms with van der Waals surface area (Å²) < 4.78 is 19.1. The van der Waals surface area contributed by atoms with Gasteiger partial charge in [0.25, 0.3) is 5.88 Å². The lowest BCUT2D eigenvalue weighted by Crippen LogP contribution is -1.96. The first-order valence-electron chi connectivity index (χ1n) is 4.90. The Balaban J connectivity index is 2.40. The van der Waals surface area contributed by atoms with E-state index in [-0.39, 0.29) is 22.3 Å². The van der Waals surface area contributed by atoms with Gasteiger partial charge in [-0.15, -0.1) is 0 Å². The molecule has 0 unspecified atom stereocenters. The van der Waals surface area contributed by atoms with E-state index in [4.69, 9.17) is 16.3 Å². The number of ether oxygens (including phenoxy) is 1. The molecule has 2 aromatic rings. The summed E-state index contributed by atoms with van der Waals surface area (Å²) in [6, 6.07) is 5.14. The summed E-state index contributed by atoms with van der Waals surface area (Å²) in [5, 5.41) is 11.0. The summed E-state index contributed by atoms with van der Waals surface area (Å²) >= 11 is 8.66. The maximum absolute atomic E-state index is 13.5. The lowest BCUT2D eigenvalue weighted by molar-refractivity contribution is -0.385. The number of hydrogen-bond donors (Lipinski definition) is 0. The minimum Gasteiger partial charge on any atom is -0.429 e. The quantitative estimate of drug-likeness (QED) is 0.612. The first-order chi connectivity index (χ1) is 8.97. The molecule has 1 aromatic heterocycles. The van der Waals surface area contributed by atoms with Gasteiger partial charge in [-0.1, -0.05) is 27.5 Å². The van der Waals surface area contributed by atoms with Gasteiger partial charge in [-0.25, -0.2) is 9.37 Å². The summed E-state index contributed by atoms with van der Waals surface area (Å²) in [7, 11) is 0. The number of nitro groups is 1. The third-order valence-corrected chi connectivity index (χ3v) is 2.80. The highest BCUT2D eigenvalue weighted by molar-refractivity contribution is 9.10. The van der Waals surface area contributed by atoms with Crippen molar-refractivity contribution in [2.75, 3.05) is 0 Å². The Bertz CT molecular complexity index is 654. The second kappa shape index (κ2) is 5.50. The van der Waals surface area contributed by atoms with Crippen LogP contribution in [-0.2, 0) is 0 Å². The van der Waals surface area contributed by atoms with E-state index < -0.39 is 10.7 Å². The predicted octanol–water partition coefficient (Wildman–Crippen LogP) is 4.34. The molecule has 0 bridgehead atoms. The van der Waals surface area contributed by atoms with Crippen LogP contribution >= 0.6 is 27.5 Å². The topological polar surface area (TPSA) is 65.3 Å². The number of rotatable bonds is 3. The van der Waals surface area contributed by atoms with E-state index in [1.807, 2.05) is 0 Å². The Labute approximate surface area is 120 Å². The molecule has 0 radical (unpaired) electrons. The Morgan fingerprint density at radius 1 is 1.42 bits per heavy atom. The summed E-state index contributed by atoms with van der Waals surface area (Å²) in [6.07, 6.45) is 1.19. The van der Waals surface area contributed by atoms with Gasteiger partial charge < -0.3 is 4.74 Å². The van der Waals surface area contributed by atoms with Crippen molar-refractivity contribution in [3.8, 4) is 11.6 Å². The van der Waals surface area contributed by atoms with Crippen LogP contribution in [0.4, 0.5) is 10.1 Å². The molecule has 0 aliphatic heterocycles. The zero-order valence-corrected chi connectivity index (χ0v) is 11.5. The first-order valence-corrected chi connectivity index (χ1v) is 6.07. The Morgan fingerprint density at radius 3 is 2.79 bits per heavy atom. The summed E-state index contributed by atoms with van der Waals surface area (Å²) in [5.41, 5.74) is -0.300. The number of nitro benzene ring substituents is 1. The van der Waals surface area contributed by atoms with E-state index in [1.165, 1.54) is 24.4 Å². The maximum atomic E-state index is 13.5. The molecule has 98 valence electrons. The fourth-order valence-corrected chi connectivity index (χ4v) is 1.79. The highest BCUT2D eigenvalue weighted by Gasteiger charge is 2.18. The van der Waals surface area contributed by atoms with Crippen LogP contribution in [0.1, 0.15) is 0 Å². The number of pyridine rings is 1. The number of halogens is 3. The molecule has 0 spiro atoms. The van der Waals surface area contributed by atoms with Gasteiger partial charge in [0.1, 0.15) is 0 Å². The number of benzene rings is 1. The van der Waals surface area contributed by atoms with Crippen LogP contribution in [0.25, 0.3) is 0 Å². The molecule has 1 heterocycles. The first kappa shape index (κ1) is 13.7. The van der Waals surface area contributed by atoms with E-state index >= 15 is 0 Å². The van der Waals surface area contributed by atoms with Crippen molar-refractivity contribution in [2.45, 2.75) is 0 Å². The van der Waals surface area contributed by atoms with Crippen molar-refractivity contribution < 1.29 is 14.1 Å². The van der Waals surface area contributed by atoms with Crippen molar-refractivity contribution in [1.82, 2.24) is 4.98 Å². The second-order valence-electron chi connectivity index (χ2n) is 3.41. The zero-order chi connectivity index (χ0) is 14.0. The molecule has 19 heavy (non-hydrogen) atoms. The Kier molecular flexibility index (Phi) is 3.96. The van der Waals surface area contributed by atoms with Gasteiger partial charge in [0, 0.05) is 16.7 Å². The SMILES string of the molecule is O=[N+]([O-])c1cc(Br)ccc1Oc1ncc(Cl)cc1F. The van der Waals surface area contributed by atoms with Gasteiger partial charge in [0.05, 0.1) is 9.95 Å². The van der Waals surface area contributed by atoms with Crippen LogP contribution in [0.5, 0.6) is 11.6 Å². The normalized spacial score (nSPS) is 10.3. The van der Waals surface area contributed by atoms with Gasteiger partial charge in [-0.05, 0) is 18.2 Å². The van der Waals surface area contributed by atoms with E-state index in [2.05, 4.69) is 20.9 Å². The van der Waals surface area contributed by atoms with Crippen LogP contribution in [0.2, 0.25) is 5.02 Å². The molecule has 0 N–H and O–H groups in total. The second-order valence-corrected chi connectivity index (χ2v) is 4.76. The average Bonchev–Trinajstić information content (AvgIpc) is 2.34. The van der Waals surface area contributed by atoms with Gasteiger partial charge in [0.2, 0.25) is 5.75 Å². The number of aromatic nitrogens is 1. The smallest absolute Gasteiger partial charge is 0.312 e. The monoisotopic (exact) mass is 346 g/mol. The molecular formula is C11H5BrClFN2O3. The minimum atomic E-state index is -0.801. The minimum absolute atomic E-state index is 0.107. The van der Waals surface area contributed by atoms with Crippen LogP contribution in [-0.4, -0.2) is 9.91 Å². The lowest BCUT2D eigenvalue weighted by atomic mass is 10.3. The van der Waals surface area contributed by atoms with Crippen LogP contribution < -0.4 is 4.74 Å². The standard InChI is InChI=1S/C11H5BrClFN2O3/c12-6-1-2-10(9(3-6)16(17)18)19-11-8(14)4-7(13)5-15-11/h1-5H. The van der Waals surface area contributed by atoms with E-state index in [9.17, 15) is 14.5 Å². The van der Waals surface area contributed by atoms with Crippen molar-refractivity contribution in [1.29, 1.82) is 0 Å². The Morgan fingerprint density at radius 2 is 2.16 bits per heavy atom. The van der Waals surface area contributed by atoms with Crippen molar-refractivity contribution in [3.63, 3.8) is 0 Å². The van der Waals surface area contributed by atoms with E-state index in [0.717, 1.165) is 6.07 Å².